The van der Waals surface area contributed by atoms with Crippen LogP contribution < -0.4 is 9.47 Å². The molecule has 1 aliphatic heterocycles. The monoisotopic (exact) mass is 199 g/mol. The highest BCUT2D eigenvalue weighted by Crippen LogP contribution is 2.39. The standard InChI is InChI=1S/C8H6ClNO3/c9-6-1-5(3-10-11)2-7-8(6)13-4-12-7/h1-3,11H,4H2. The molecule has 1 heterocycles. The highest BCUT2D eigenvalue weighted by Gasteiger charge is 2.17. The van der Waals surface area contributed by atoms with Gasteiger partial charge in [0.25, 0.3) is 0 Å². The summed E-state index contributed by atoms with van der Waals surface area (Å²) in [6.07, 6.45) is 1.27. The number of fused-ring (bicyclic) bond motifs is 1. The maximum absolute atomic E-state index is 8.31. The van der Waals surface area contributed by atoms with E-state index >= 15 is 0 Å². The third kappa shape index (κ3) is 1.40. The minimum absolute atomic E-state index is 0.175. The van der Waals surface area contributed by atoms with Crippen LogP contribution in [-0.2, 0) is 0 Å². The van der Waals surface area contributed by atoms with E-state index in [1.54, 1.807) is 12.1 Å². The van der Waals surface area contributed by atoms with Crippen molar-refractivity contribution in [3.05, 3.63) is 22.7 Å². The molecule has 1 aromatic carbocycles. The first-order valence-electron chi connectivity index (χ1n) is 3.58. The third-order valence-electron chi connectivity index (χ3n) is 1.66. The molecule has 0 atom stereocenters. The molecule has 1 aliphatic rings. The smallest absolute Gasteiger partial charge is 0.231 e. The van der Waals surface area contributed by atoms with E-state index in [2.05, 4.69) is 5.16 Å². The predicted molar refractivity (Wildman–Crippen MR) is 47.0 cm³/mol. The molecule has 4 nitrogen and oxygen atoms in total. The van der Waals surface area contributed by atoms with Crippen molar-refractivity contribution in [3.8, 4) is 11.5 Å². The Morgan fingerprint density at radius 3 is 3.08 bits per heavy atom. The topological polar surface area (TPSA) is 51.1 Å². The van der Waals surface area contributed by atoms with Crippen molar-refractivity contribution in [1.29, 1.82) is 0 Å². The van der Waals surface area contributed by atoms with Crippen molar-refractivity contribution in [2.24, 2.45) is 5.16 Å². The number of nitrogens with zero attached hydrogens (tertiary/aromatic N) is 1. The van der Waals surface area contributed by atoms with E-state index in [4.69, 9.17) is 26.3 Å². The predicted octanol–water partition coefficient (Wildman–Crippen LogP) is 1.88. The van der Waals surface area contributed by atoms with Gasteiger partial charge in [-0.3, -0.25) is 0 Å². The van der Waals surface area contributed by atoms with Gasteiger partial charge in [0.1, 0.15) is 0 Å². The van der Waals surface area contributed by atoms with Crippen molar-refractivity contribution in [2.45, 2.75) is 0 Å². The number of ether oxygens (including phenoxy) is 2. The zero-order valence-corrected chi connectivity index (χ0v) is 7.28. The van der Waals surface area contributed by atoms with Crippen molar-refractivity contribution < 1.29 is 14.7 Å². The molecule has 0 bridgehead atoms. The van der Waals surface area contributed by atoms with Crippen LogP contribution in [0, 0.1) is 0 Å². The first-order valence-corrected chi connectivity index (χ1v) is 3.95. The zero-order valence-electron chi connectivity index (χ0n) is 6.53. The van der Waals surface area contributed by atoms with Gasteiger partial charge in [-0.1, -0.05) is 16.8 Å². The van der Waals surface area contributed by atoms with Crippen molar-refractivity contribution in [2.75, 3.05) is 6.79 Å². The van der Waals surface area contributed by atoms with E-state index in [9.17, 15) is 0 Å². The van der Waals surface area contributed by atoms with Crippen molar-refractivity contribution in [1.82, 2.24) is 0 Å². The average molecular weight is 200 g/mol. The van der Waals surface area contributed by atoms with E-state index in [0.29, 0.717) is 22.1 Å². The van der Waals surface area contributed by atoms with Gasteiger partial charge in [-0.25, -0.2) is 0 Å². The van der Waals surface area contributed by atoms with Crippen LogP contribution in [0.4, 0.5) is 0 Å². The number of hydrogen-bond donors (Lipinski definition) is 1. The summed E-state index contributed by atoms with van der Waals surface area (Å²) in [7, 11) is 0. The Bertz CT molecular complexity index is 365. The summed E-state index contributed by atoms with van der Waals surface area (Å²) >= 11 is 5.86. The van der Waals surface area contributed by atoms with Gasteiger partial charge in [-0.05, 0) is 12.1 Å². The molecule has 0 spiro atoms. The van der Waals surface area contributed by atoms with Crippen molar-refractivity contribution in [3.63, 3.8) is 0 Å². The van der Waals surface area contributed by atoms with Gasteiger partial charge in [-0.2, -0.15) is 0 Å². The minimum atomic E-state index is 0.175. The molecule has 0 aromatic heterocycles. The van der Waals surface area contributed by atoms with Gasteiger partial charge in [0.15, 0.2) is 11.5 Å². The second-order valence-electron chi connectivity index (χ2n) is 2.48. The molecule has 0 radical (unpaired) electrons. The summed E-state index contributed by atoms with van der Waals surface area (Å²) in [6, 6.07) is 3.32. The lowest BCUT2D eigenvalue weighted by atomic mass is 10.2. The molecule has 68 valence electrons. The molecule has 0 amide bonds. The third-order valence-corrected chi connectivity index (χ3v) is 1.94. The molecule has 0 fully saturated rings. The molecule has 1 aromatic rings. The molecule has 0 aliphatic carbocycles. The molecular formula is C8H6ClNO3. The van der Waals surface area contributed by atoms with Crippen molar-refractivity contribution >= 4 is 17.8 Å². The molecule has 0 saturated carbocycles. The van der Waals surface area contributed by atoms with Crippen LogP contribution in [0.1, 0.15) is 5.56 Å². The van der Waals surface area contributed by atoms with Crippen LogP contribution >= 0.6 is 11.6 Å². The summed E-state index contributed by atoms with van der Waals surface area (Å²) in [4.78, 5) is 0. The number of rotatable bonds is 1. The number of hydrogen-bond acceptors (Lipinski definition) is 4. The summed E-state index contributed by atoms with van der Waals surface area (Å²) < 4.78 is 10.2. The molecular weight excluding hydrogens is 194 g/mol. The van der Waals surface area contributed by atoms with Crippen LogP contribution in [0.2, 0.25) is 5.02 Å². The second kappa shape index (κ2) is 3.14. The summed E-state index contributed by atoms with van der Waals surface area (Å²) in [5, 5.41) is 11.7. The van der Waals surface area contributed by atoms with Gasteiger partial charge in [0, 0.05) is 5.56 Å². The van der Waals surface area contributed by atoms with E-state index in [-0.39, 0.29) is 6.79 Å². The van der Waals surface area contributed by atoms with Crippen LogP contribution in [-0.4, -0.2) is 18.2 Å². The van der Waals surface area contributed by atoms with Gasteiger partial charge in [-0.15, -0.1) is 0 Å². The van der Waals surface area contributed by atoms with E-state index in [1.807, 2.05) is 0 Å². The normalized spacial score (nSPS) is 13.9. The molecule has 0 saturated heterocycles. The number of oxime groups is 1. The SMILES string of the molecule is ON=Cc1cc(Cl)c2c(c1)OCO2. The lowest BCUT2D eigenvalue weighted by Crippen LogP contribution is -1.93. The van der Waals surface area contributed by atoms with Gasteiger partial charge >= 0.3 is 0 Å². The Hall–Kier alpha value is -1.42. The average Bonchev–Trinajstić information content (AvgIpc) is 2.53. The van der Waals surface area contributed by atoms with E-state index in [0.717, 1.165) is 0 Å². The Morgan fingerprint density at radius 2 is 2.31 bits per heavy atom. The highest BCUT2D eigenvalue weighted by molar-refractivity contribution is 6.32. The molecule has 2 rings (SSSR count). The van der Waals surface area contributed by atoms with Crippen LogP contribution in [0.15, 0.2) is 17.3 Å². The summed E-state index contributed by atoms with van der Waals surface area (Å²) in [5.74, 6) is 1.11. The molecule has 1 N–H and O–H groups in total. The Morgan fingerprint density at radius 1 is 1.46 bits per heavy atom. The maximum Gasteiger partial charge on any atom is 0.231 e. The largest absolute Gasteiger partial charge is 0.454 e. The van der Waals surface area contributed by atoms with Gasteiger partial charge < -0.3 is 14.7 Å². The Kier molecular flexibility index (Phi) is 1.98. The van der Waals surface area contributed by atoms with Gasteiger partial charge in [0.05, 0.1) is 11.2 Å². The quantitative estimate of drug-likeness (QED) is 0.427. The fourth-order valence-corrected chi connectivity index (χ4v) is 1.40. The lowest BCUT2D eigenvalue weighted by Gasteiger charge is -1.99. The fraction of sp³-hybridized carbons (Fsp3) is 0.125. The number of benzene rings is 1. The van der Waals surface area contributed by atoms with Crippen LogP contribution in [0.25, 0.3) is 0 Å². The second-order valence-corrected chi connectivity index (χ2v) is 2.89. The first-order chi connectivity index (χ1) is 6.31. The molecule has 13 heavy (non-hydrogen) atoms. The van der Waals surface area contributed by atoms with Crippen LogP contribution in [0.5, 0.6) is 11.5 Å². The Labute approximate surface area is 79.3 Å². The van der Waals surface area contributed by atoms with Gasteiger partial charge in [0.2, 0.25) is 6.79 Å². The maximum atomic E-state index is 8.31. The first kappa shape index (κ1) is 8.19. The number of halogens is 1. The van der Waals surface area contributed by atoms with E-state index < -0.39 is 0 Å². The minimum Gasteiger partial charge on any atom is -0.454 e. The fourth-order valence-electron chi connectivity index (χ4n) is 1.13. The summed E-state index contributed by atoms with van der Waals surface area (Å²) in [5.41, 5.74) is 0.664. The summed E-state index contributed by atoms with van der Waals surface area (Å²) in [6.45, 7) is 0.175. The highest BCUT2D eigenvalue weighted by atomic mass is 35.5. The Balaban J connectivity index is 2.49. The van der Waals surface area contributed by atoms with Crippen LogP contribution in [0.3, 0.4) is 0 Å². The lowest BCUT2D eigenvalue weighted by molar-refractivity contribution is 0.174. The molecule has 5 heteroatoms. The zero-order chi connectivity index (χ0) is 9.26. The van der Waals surface area contributed by atoms with E-state index in [1.165, 1.54) is 6.21 Å². The molecule has 0 unspecified atom stereocenters.